The van der Waals surface area contributed by atoms with Crippen molar-refractivity contribution in [1.82, 2.24) is 19.6 Å². The lowest BCUT2D eigenvalue weighted by molar-refractivity contribution is -0.136. The van der Waals surface area contributed by atoms with Gasteiger partial charge in [0.2, 0.25) is 0 Å². The molecular weight excluding hydrogens is 280 g/mol. The van der Waals surface area contributed by atoms with Crippen LogP contribution in [0.1, 0.15) is 22.5 Å². The fourth-order valence-corrected chi connectivity index (χ4v) is 2.44. The summed E-state index contributed by atoms with van der Waals surface area (Å²) in [5, 5.41) is 13.5. The fourth-order valence-electron chi connectivity index (χ4n) is 2.44. The molecule has 0 radical (unpaired) electrons. The number of carboxylic acids is 1. The minimum atomic E-state index is -0.883. The Morgan fingerprint density at radius 2 is 1.82 bits per heavy atom. The molecule has 6 heteroatoms. The molecule has 0 bridgehead atoms. The monoisotopic (exact) mass is 296 g/mol. The molecule has 2 heterocycles. The van der Waals surface area contributed by atoms with Crippen molar-refractivity contribution in [3.8, 4) is 11.4 Å². The Balaban J connectivity index is 2.15. The van der Waals surface area contributed by atoms with Crippen molar-refractivity contribution in [3.63, 3.8) is 0 Å². The van der Waals surface area contributed by atoms with Gasteiger partial charge in [0.05, 0.1) is 6.42 Å². The predicted octanol–water partition coefficient (Wildman–Crippen LogP) is 2.34. The smallest absolute Gasteiger partial charge is 0.307 e. The van der Waals surface area contributed by atoms with Gasteiger partial charge in [-0.25, -0.2) is 9.50 Å². The number of aliphatic carboxylic acids is 1. The van der Waals surface area contributed by atoms with Crippen molar-refractivity contribution in [3.05, 3.63) is 46.8 Å². The molecule has 3 aromatic rings. The molecule has 22 heavy (non-hydrogen) atoms. The zero-order valence-electron chi connectivity index (χ0n) is 12.7. The molecule has 0 atom stereocenters. The van der Waals surface area contributed by atoms with Crippen LogP contribution >= 0.6 is 0 Å². The maximum absolute atomic E-state index is 11.0. The third-order valence-electron chi connectivity index (χ3n) is 3.69. The Kier molecular flexibility index (Phi) is 3.36. The van der Waals surface area contributed by atoms with Gasteiger partial charge >= 0.3 is 5.97 Å². The number of carboxylic acid groups (broad SMARTS) is 1. The Hall–Kier alpha value is -2.76. The number of rotatable bonds is 3. The number of aryl methyl sites for hydroxylation is 3. The summed E-state index contributed by atoms with van der Waals surface area (Å²) in [5.74, 6) is 0.188. The summed E-state index contributed by atoms with van der Waals surface area (Å²) in [6.45, 7) is 5.66. The van der Waals surface area contributed by atoms with E-state index in [-0.39, 0.29) is 6.42 Å². The van der Waals surface area contributed by atoms with E-state index in [4.69, 9.17) is 5.11 Å². The summed E-state index contributed by atoms with van der Waals surface area (Å²) in [6, 6.07) is 7.93. The van der Waals surface area contributed by atoms with Gasteiger partial charge in [0.1, 0.15) is 0 Å². The van der Waals surface area contributed by atoms with Crippen LogP contribution < -0.4 is 0 Å². The topological polar surface area (TPSA) is 80.4 Å². The third-order valence-corrected chi connectivity index (χ3v) is 3.69. The van der Waals surface area contributed by atoms with Gasteiger partial charge in [-0.1, -0.05) is 29.8 Å². The van der Waals surface area contributed by atoms with Gasteiger partial charge in [0, 0.05) is 22.5 Å². The molecule has 112 valence electrons. The van der Waals surface area contributed by atoms with E-state index in [1.54, 1.807) is 11.4 Å². The van der Waals surface area contributed by atoms with Crippen LogP contribution in [-0.4, -0.2) is 30.7 Å². The van der Waals surface area contributed by atoms with Crippen molar-refractivity contribution in [2.45, 2.75) is 27.2 Å². The van der Waals surface area contributed by atoms with Crippen molar-refractivity contribution in [2.24, 2.45) is 0 Å². The largest absolute Gasteiger partial charge is 0.481 e. The first-order chi connectivity index (χ1) is 10.5. The minimum Gasteiger partial charge on any atom is -0.481 e. The van der Waals surface area contributed by atoms with Crippen molar-refractivity contribution >= 4 is 11.7 Å². The number of carbonyl (C=O) groups is 1. The molecule has 1 N–H and O–H groups in total. The van der Waals surface area contributed by atoms with Gasteiger partial charge in [0.25, 0.3) is 5.78 Å². The first-order valence-corrected chi connectivity index (χ1v) is 6.97. The van der Waals surface area contributed by atoms with Gasteiger partial charge < -0.3 is 5.11 Å². The van der Waals surface area contributed by atoms with Crippen LogP contribution in [0.25, 0.3) is 17.2 Å². The van der Waals surface area contributed by atoms with Crippen LogP contribution in [0.2, 0.25) is 0 Å². The van der Waals surface area contributed by atoms with E-state index in [0.717, 1.165) is 11.3 Å². The predicted molar refractivity (Wildman–Crippen MR) is 81.8 cm³/mol. The van der Waals surface area contributed by atoms with Gasteiger partial charge in [0.15, 0.2) is 5.82 Å². The molecule has 0 aliphatic heterocycles. The van der Waals surface area contributed by atoms with Crippen molar-refractivity contribution in [1.29, 1.82) is 0 Å². The quantitative estimate of drug-likeness (QED) is 0.802. The molecule has 2 aromatic heterocycles. The Bertz CT molecular complexity index is 866. The van der Waals surface area contributed by atoms with Gasteiger partial charge in [-0.3, -0.25) is 4.79 Å². The molecular formula is C16H16N4O2. The van der Waals surface area contributed by atoms with Crippen LogP contribution in [0, 0.1) is 20.8 Å². The Morgan fingerprint density at radius 1 is 1.14 bits per heavy atom. The standard InChI is InChI=1S/C16H16N4O2/c1-9-4-6-12(7-5-9)15-18-16-17-10(2)13(8-14(21)22)11(3)20(16)19-15/h4-7H,8H2,1-3H3,(H,21,22). The molecule has 0 saturated carbocycles. The second-order valence-corrected chi connectivity index (χ2v) is 5.34. The molecule has 0 spiro atoms. The number of hydrogen-bond acceptors (Lipinski definition) is 4. The maximum atomic E-state index is 11.0. The first-order valence-electron chi connectivity index (χ1n) is 6.97. The zero-order chi connectivity index (χ0) is 15.9. The fraction of sp³-hybridized carbons (Fsp3) is 0.250. The highest BCUT2D eigenvalue weighted by Crippen LogP contribution is 2.19. The molecule has 0 fully saturated rings. The third kappa shape index (κ3) is 2.43. The average molecular weight is 296 g/mol. The molecule has 3 rings (SSSR count). The van der Waals surface area contributed by atoms with Crippen LogP contribution in [0.5, 0.6) is 0 Å². The summed E-state index contributed by atoms with van der Waals surface area (Å²) < 4.78 is 1.61. The number of fused-ring (bicyclic) bond motifs is 1. The summed E-state index contributed by atoms with van der Waals surface area (Å²) in [7, 11) is 0. The van der Waals surface area contributed by atoms with Crippen molar-refractivity contribution in [2.75, 3.05) is 0 Å². The van der Waals surface area contributed by atoms with Gasteiger partial charge in [-0.15, -0.1) is 5.10 Å². The van der Waals surface area contributed by atoms with E-state index in [0.29, 0.717) is 22.9 Å². The lowest BCUT2D eigenvalue weighted by Gasteiger charge is -2.07. The SMILES string of the molecule is Cc1ccc(-c2nc3nc(C)c(CC(=O)O)c(C)n3n2)cc1. The molecule has 0 aliphatic carbocycles. The second-order valence-electron chi connectivity index (χ2n) is 5.34. The molecule has 0 saturated heterocycles. The van der Waals surface area contributed by atoms with Gasteiger partial charge in [-0.05, 0) is 20.8 Å². The number of benzene rings is 1. The number of aromatic nitrogens is 4. The maximum Gasteiger partial charge on any atom is 0.307 e. The van der Waals surface area contributed by atoms with Crippen LogP contribution in [-0.2, 0) is 11.2 Å². The van der Waals surface area contributed by atoms with E-state index in [1.165, 1.54) is 5.56 Å². The van der Waals surface area contributed by atoms with Crippen LogP contribution in [0.15, 0.2) is 24.3 Å². The van der Waals surface area contributed by atoms with E-state index in [2.05, 4.69) is 15.1 Å². The van der Waals surface area contributed by atoms with Crippen molar-refractivity contribution < 1.29 is 9.90 Å². The van der Waals surface area contributed by atoms with E-state index < -0.39 is 5.97 Å². The lowest BCUT2D eigenvalue weighted by Crippen LogP contribution is -2.10. The highest BCUT2D eigenvalue weighted by atomic mass is 16.4. The summed E-state index contributed by atoms with van der Waals surface area (Å²) >= 11 is 0. The summed E-state index contributed by atoms with van der Waals surface area (Å²) in [6.07, 6.45) is -0.0691. The average Bonchev–Trinajstić information content (AvgIpc) is 2.88. The number of hydrogen-bond donors (Lipinski definition) is 1. The molecule has 0 unspecified atom stereocenters. The number of nitrogens with zero attached hydrogens (tertiary/aromatic N) is 4. The zero-order valence-corrected chi connectivity index (χ0v) is 12.7. The first kappa shape index (κ1) is 14.2. The lowest BCUT2D eigenvalue weighted by atomic mass is 10.1. The summed E-state index contributed by atoms with van der Waals surface area (Å²) in [4.78, 5) is 19.8. The summed E-state index contributed by atoms with van der Waals surface area (Å²) in [5.41, 5.74) is 4.20. The molecule has 0 amide bonds. The molecule has 6 nitrogen and oxygen atoms in total. The Labute approximate surface area is 127 Å². The highest BCUT2D eigenvalue weighted by molar-refractivity contribution is 5.71. The molecule has 1 aromatic carbocycles. The normalized spacial score (nSPS) is 11.0. The van der Waals surface area contributed by atoms with E-state index in [1.807, 2.05) is 38.1 Å². The minimum absolute atomic E-state index is 0.0691. The Morgan fingerprint density at radius 3 is 2.45 bits per heavy atom. The van der Waals surface area contributed by atoms with E-state index >= 15 is 0 Å². The van der Waals surface area contributed by atoms with E-state index in [9.17, 15) is 4.79 Å². The highest BCUT2D eigenvalue weighted by Gasteiger charge is 2.16. The van der Waals surface area contributed by atoms with Crippen LogP contribution in [0.4, 0.5) is 0 Å². The van der Waals surface area contributed by atoms with Crippen LogP contribution in [0.3, 0.4) is 0 Å². The second kappa shape index (κ2) is 5.22. The van der Waals surface area contributed by atoms with Gasteiger partial charge in [-0.2, -0.15) is 4.98 Å². The molecule has 0 aliphatic rings.